The number of nitrogens with zero attached hydrogens (tertiary/aromatic N) is 5. The van der Waals surface area contributed by atoms with E-state index in [0.717, 1.165) is 39.0 Å². The molecule has 0 amide bonds. The van der Waals surface area contributed by atoms with Crippen LogP contribution in [-0.4, -0.2) is 24.1 Å². The van der Waals surface area contributed by atoms with Crippen LogP contribution in [0.5, 0.6) is 0 Å². The van der Waals surface area contributed by atoms with Gasteiger partial charge in [-0.15, -0.1) is 0 Å². The molecule has 0 saturated heterocycles. The Morgan fingerprint density at radius 1 is 0.288 bits per heavy atom. The summed E-state index contributed by atoms with van der Waals surface area (Å²) in [7, 11) is 0. The normalized spacial score (nSPS) is 11.9. The van der Waals surface area contributed by atoms with Crippen LogP contribution in [0.1, 0.15) is 26.3 Å². The topological polar surface area (TPSA) is 48.5 Å². The van der Waals surface area contributed by atoms with Crippen LogP contribution >= 0.6 is 0 Å². The highest BCUT2D eigenvalue weighted by Crippen LogP contribution is 2.39. The smallest absolute Gasteiger partial charge is 0.164 e. The van der Waals surface area contributed by atoms with Crippen LogP contribution in [-0.2, 0) is 5.41 Å². The van der Waals surface area contributed by atoms with E-state index in [0.29, 0.717) is 17.5 Å². The minimum absolute atomic E-state index is 0.0885. The number of fused-ring (bicyclic) bond motifs is 6. The summed E-state index contributed by atoms with van der Waals surface area (Å²) < 4.78 is 4.81. The molecule has 9 aromatic carbocycles. The van der Waals surface area contributed by atoms with E-state index in [1.54, 1.807) is 0 Å². The maximum absolute atomic E-state index is 5.02. The predicted molar refractivity (Wildman–Crippen MR) is 274 cm³/mol. The minimum atomic E-state index is 0.0885. The molecule has 0 radical (unpaired) electrons. The van der Waals surface area contributed by atoms with Crippen molar-refractivity contribution >= 4 is 43.6 Å². The molecule has 0 saturated carbocycles. The van der Waals surface area contributed by atoms with Gasteiger partial charge in [0.05, 0.1) is 22.1 Å². The molecule has 5 heteroatoms. The molecule has 5 nitrogen and oxygen atoms in total. The van der Waals surface area contributed by atoms with Crippen LogP contribution in [0.4, 0.5) is 0 Å². The van der Waals surface area contributed by atoms with Gasteiger partial charge in [0.15, 0.2) is 17.5 Å². The number of rotatable bonds is 7. The Hall–Kier alpha value is -8.41. The lowest BCUT2D eigenvalue weighted by Gasteiger charge is -2.19. The fourth-order valence-corrected chi connectivity index (χ4v) is 9.55. The highest BCUT2D eigenvalue weighted by atomic mass is 15.0. The Bertz CT molecular complexity index is 3710. The van der Waals surface area contributed by atoms with Crippen molar-refractivity contribution in [2.45, 2.75) is 26.2 Å². The fraction of sp³-hybridized carbons (Fsp3) is 0.0656. The molecule has 0 bridgehead atoms. The number of hydrogen-bond acceptors (Lipinski definition) is 3. The van der Waals surface area contributed by atoms with Crippen molar-refractivity contribution < 1.29 is 0 Å². The first-order chi connectivity index (χ1) is 32.3. The SMILES string of the molecule is CC(C)(C)c1ccc(-n2c3ccccc3c3ccc(-c4ccc(-n5c6ccccc6c6ccc(-c7cccc(-c8nc(-c9ccccc9)nc(-c9ccccc9)n8)c7)cc65)cc4)cc32)cc1. The number of para-hydroxylation sites is 2. The van der Waals surface area contributed by atoms with Crippen molar-refractivity contribution in [2.24, 2.45) is 0 Å². The van der Waals surface area contributed by atoms with E-state index in [1.807, 2.05) is 60.7 Å². The van der Waals surface area contributed by atoms with Crippen molar-refractivity contribution in [1.82, 2.24) is 24.1 Å². The second-order valence-corrected chi connectivity index (χ2v) is 18.1. The summed E-state index contributed by atoms with van der Waals surface area (Å²) in [4.78, 5) is 15.0. The van der Waals surface area contributed by atoms with Gasteiger partial charge in [0, 0.05) is 49.6 Å². The molecule has 12 rings (SSSR count). The van der Waals surface area contributed by atoms with Gasteiger partial charge in [-0.1, -0.05) is 185 Å². The van der Waals surface area contributed by atoms with Crippen molar-refractivity contribution in [1.29, 1.82) is 0 Å². The van der Waals surface area contributed by atoms with Crippen molar-refractivity contribution in [3.8, 4) is 67.8 Å². The van der Waals surface area contributed by atoms with Crippen LogP contribution in [0.25, 0.3) is 111 Å². The summed E-state index contributed by atoms with van der Waals surface area (Å²) in [5, 5.41) is 4.94. The Kier molecular flexibility index (Phi) is 9.32. The third kappa shape index (κ3) is 6.84. The molecule has 0 unspecified atom stereocenters. The molecule has 0 aliphatic carbocycles. The Labute approximate surface area is 384 Å². The van der Waals surface area contributed by atoms with E-state index < -0.39 is 0 Å². The summed E-state index contributed by atoms with van der Waals surface area (Å²) in [6.07, 6.45) is 0. The lowest BCUT2D eigenvalue weighted by molar-refractivity contribution is 0.590. The average Bonchev–Trinajstić information content (AvgIpc) is 3.89. The van der Waals surface area contributed by atoms with Crippen LogP contribution in [0.15, 0.2) is 218 Å². The first kappa shape index (κ1) is 39.2. The van der Waals surface area contributed by atoms with Crippen molar-refractivity contribution in [2.75, 3.05) is 0 Å². The second-order valence-electron chi connectivity index (χ2n) is 18.1. The molecule has 0 aliphatic rings. The zero-order chi connectivity index (χ0) is 44.4. The molecule has 0 N–H and O–H groups in total. The molecule has 12 aromatic rings. The predicted octanol–water partition coefficient (Wildman–Crippen LogP) is 15.7. The first-order valence-electron chi connectivity index (χ1n) is 22.6. The Morgan fingerprint density at radius 2 is 0.667 bits per heavy atom. The highest BCUT2D eigenvalue weighted by molar-refractivity contribution is 6.11. The van der Waals surface area contributed by atoms with Gasteiger partial charge in [0.2, 0.25) is 0 Å². The highest BCUT2D eigenvalue weighted by Gasteiger charge is 2.19. The largest absolute Gasteiger partial charge is 0.309 e. The van der Waals surface area contributed by atoms with E-state index in [2.05, 4.69) is 188 Å². The van der Waals surface area contributed by atoms with Crippen LogP contribution in [0.3, 0.4) is 0 Å². The summed E-state index contributed by atoms with van der Waals surface area (Å²) >= 11 is 0. The molecule has 0 spiro atoms. The van der Waals surface area contributed by atoms with E-state index >= 15 is 0 Å². The van der Waals surface area contributed by atoms with Crippen LogP contribution < -0.4 is 0 Å². The molecule has 0 aliphatic heterocycles. The summed E-state index contributed by atoms with van der Waals surface area (Å²) in [5.74, 6) is 1.93. The molecule has 66 heavy (non-hydrogen) atoms. The molecule has 3 aromatic heterocycles. The Morgan fingerprint density at radius 3 is 1.18 bits per heavy atom. The van der Waals surface area contributed by atoms with Gasteiger partial charge in [0.1, 0.15) is 0 Å². The fourth-order valence-electron chi connectivity index (χ4n) is 9.55. The van der Waals surface area contributed by atoms with E-state index in [9.17, 15) is 0 Å². The lowest BCUT2D eigenvalue weighted by Crippen LogP contribution is -2.10. The number of hydrogen-bond donors (Lipinski definition) is 0. The zero-order valence-electron chi connectivity index (χ0n) is 37.0. The van der Waals surface area contributed by atoms with Gasteiger partial charge < -0.3 is 9.13 Å². The maximum atomic E-state index is 5.02. The quantitative estimate of drug-likeness (QED) is 0.161. The zero-order valence-corrected chi connectivity index (χ0v) is 37.0. The third-order valence-corrected chi connectivity index (χ3v) is 13.0. The van der Waals surface area contributed by atoms with E-state index in [4.69, 9.17) is 15.0 Å². The monoisotopic (exact) mass is 847 g/mol. The number of benzene rings is 9. The molecule has 314 valence electrons. The van der Waals surface area contributed by atoms with Crippen LogP contribution in [0, 0.1) is 0 Å². The Balaban J connectivity index is 0.932. The molecular formula is C61H45N5. The minimum Gasteiger partial charge on any atom is -0.309 e. The number of aromatic nitrogens is 5. The second kappa shape index (κ2) is 15.7. The van der Waals surface area contributed by atoms with Gasteiger partial charge in [-0.3, -0.25) is 0 Å². The van der Waals surface area contributed by atoms with Gasteiger partial charge >= 0.3 is 0 Å². The van der Waals surface area contributed by atoms with E-state index in [1.165, 1.54) is 60.5 Å². The summed E-state index contributed by atoms with van der Waals surface area (Å²) in [5.41, 5.74) is 15.8. The summed E-state index contributed by atoms with van der Waals surface area (Å²) in [6.45, 7) is 6.80. The average molecular weight is 848 g/mol. The molecule has 3 heterocycles. The standard InChI is InChI=1S/C61H45N5/c1-61(2,3)47-29-33-49(34-30-47)66-55-24-13-11-21-50(55)52-35-27-44(38-56(52)66)40-25-31-48(32-26-40)65-54-23-12-10-22-51(54)53-36-28-45(39-57(53)65)43-19-14-20-46(37-43)60-63-58(41-15-6-4-7-16-41)62-59(64-60)42-17-8-5-9-18-42/h4-39H,1-3H3. The summed E-state index contributed by atoms with van der Waals surface area (Å²) in [6, 6.07) is 78.0. The van der Waals surface area contributed by atoms with Crippen molar-refractivity contribution in [3.05, 3.63) is 224 Å². The third-order valence-electron chi connectivity index (χ3n) is 13.0. The van der Waals surface area contributed by atoms with Crippen molar-refractivity contribution in [3.63, 3.8) is 0 Å². The molecular weight excluding hydrogens is 803 g/mol. The van der Waals surface area contributed by atoms with Gasteiger partial charge in [-0.05, 0) is 87.8 Å². The maximum Gasteiger partial charge on any atom is 0.164 e. The lowest BCUT2D eigenvalue weighted by atomic mass is 9.87. The van der Waals surface area contributed by atoms with Gasteiger partial charge in [-0.2, -0.15) is 0 Å². The van der Waals surface area contributed by atoms with Crippen LogP contribution in [0.2, 0.25) is 0 Å². The molecule has 0 atom stereocenters. The van der Waals surface area contributed by atoms with Gasteiger partial charge in [0.25, 0.3) is 0 Å². The first-order valence-corrected chi connectivity index (χ1v) is 22.6. The molecule has 0 fully saturated rings. The van der Waals surface area contributed by atoms with Gasteiger partial charge in [-0.25, -0.2) is 15.0 Å². The van der Waals surface area contributed by atoms with E-state index in [-0.39, 0.29) is 5.41 Å².